The zero-order valence-corrected chi connectivity index (χ0v) is 8.01. The molecule has 1 unspecified atom stereocenters. The molecule has 1 aromatic carbocycles. The number of hydrogen-bond acceptors (Lipinski definition) is 2. The molecule has 0 fully saturated rings. The van der Waals surface area contributed by atoms with Crippen LogP contribution in [0.1, 0.15) is 11.6 Å². The topological polar surface area (TPSA) is 38.0 Å². The third-order valence-electron chi connectivity index (χ3n) is 1.52. The van der Waals surface area contributed by atoms with Gasteiger partial charge in [-0.1, -0.05) is 34.0 Å². The highest BCUT2D eigenvalue weighted by molar-refractivity contribution is 9.10. The quantitative estimate of drug-likeness (QED) is 0.455. The lowest BCUT2D eigenvalue weighted by atomic mass is 10.1. The number of hydrazine groups is 1. The van der Waals surface area contributed by atoms with Crippen molar-refractivity contribution < 1.29 is 0 Å². The smallest absolute Gasteiger partial charge is 0.106 e. The fraction of sp³-hybridized carbons (Fsp3) is 0.111. The standard InChI is InChI=1S/C9H9BrN2/c1-2-9(12-11)7-4-3-5-8(10)6-7/h1,3-6,9,12H,11H2. The predicted octanol–water partition coefficient (Wildman–Crippen LogP) is 1.59. The molecule has 0 aliphatic carbocycles. The van der Waals surface area contributed by atoms with Crippen LogP contribution in [-0.4, -0.2) is 0 Å². The summed E-state index contributed by atoms with van der Waals surface area (Å²) >= 11 is 3.35. The van der Waals surface area contributed by atoms with E-state index in [1.165, 1.54) is 0 Å². The Labute approximate surface area is 80.3 Å². The van der Waals surface area contributed by atoms with Crippen LogP contribution in [0.25, 0.3) is 0 Å². The van der Waals surface area contributed by atoms with Crippen LogP contribution >= 0.6 is 15.9 Å². The third kappa shape index (κ3) is 2.08. The van der Waals surface area contributed by atoms with Crippen molar-refractivity contribution in [2.24, 2.45) is 5.84 Å². The summed E-state index contributed by atoms with van der Waals surface area (Å²) in [6.07, 6.45) is 5.26. The Morgan fingerprint density at radius 1 is 1.58 bits per heavy atom. The number of hydrogen-bond donors (Lipinski definition) is 2. The summed E-state index contributed by atoms with van der Waals surface area (Å²) in [6.45, 7) is 0. The summed E-state index contributed by atoms with van der Waals surface area (Å²) in [6, 6.07) is 7.50. The summed E-state index contributed by atoms with van der Waals surface area (Å²) in [5.74, 6) is 7.80. The molecule has 1 rings (SSSR count). The molecular weight excluding hydrogens is 216 g/mol. The maximum absolute atomic E-state index is 5.26. The highest BCUT2D eigenvalue weighted by Gasteiger charge is 2.04. The maximum atomic E-state index is 5.26. The average Bonchev–Trinajstić information content (AvgIpc) is 2.07. The minimum atomic E-state index is -0.220. The molecule has 0 saturated heterocycles. The molecule has 0 bridgehead atoms. The Kier molecular flexibility index (Phi) is 3.30. The van der Waals surface area contributed by atoms with Gasteiger partial charge in [0.1, 0.15) is 6.04 Å². The monoisotopic (exact) mass is 224 g/mol. The number of benzene rings is 1. The predicted molar refractivity (Wildman–Crippen MR) is 53.0 cm³/mol. The lowest BCUT2D eigenvalue weighted by Gasteiger charge is -2.08. The van der Waals surface area contributed by atoms with Crippen LogP contribution in [0.15, 0.2) is 28.7 Å². The van der Waals surface area contributed by atoms with Crippen molar-refractivity contribution in [3.63, 3.8) is 0 Å². The van der Waals surface area contributed by atoms with Gasteiger partial charge in [-0.05, 0) is 17.7 Å². The minimum absolute atomic E-state index is 0.220. The molecule has 62 valence electrons. The van der Waals surface area contributed by atoms with Gasteiger partial charge in [0.15, 0.2) is 0 Å². The molecule has 1 aromatic rings. The number of nitrogens with two attached hydrogens (primary N) is 1. The first-order valence-electron chi connectivity index (χ1n) is 3.45. The molecular formula is C9H9BrN2. The summed E-state index contributed by atoms with van der Waals surface area (Å²) in [5, 5.41) is 0. The fourth-order valence-corrected chi connectivity index (χ4v) is 1.34. The van der Waals surface area contributed by atoms with E-state index in [1.807, 2.05) is 24.3 Å². The maximum Gasteiger partial charge on any atom is 0.106 e. The largest absolute Gasteiger partial charge is 0.270 e. The number of rotatable bonds is 2. The summed E-state index contributed by atoms with van der Waals surface area (Å²) in [7, 11) is 0. The highest BCUT2D eigenvalue weighted by Crippen LogP contribution is 2.16. The Balaban J connectivity index is 2.95. The van der Waals surface area contributed by atoms with Crippen LogP contribution in [0.3, 0.4) is 0 Å². The van der Waals surface area contributed by atoms with Gasteiger partial charge in [0.05, 0.1) is 0 Å². The van der Waals surface area contributed by atoms with Gasteiger partial charge < -0.3 is 0 Å². The van der Waals surface area contributed by atoms with Crippen LogP contribution in [0.4, 0.5) is 0 Å². The van der Waals surface area contributed by atoms with Gasteiger partial charge in [-0.3, -0.25) is 5.84 Å². The van der Waals surface area contributed by atoms with Crippen LogP contribution in [-0.2, 0) is 0 Å². The second kappa shape index (κ2) is 4.27. The van der Waals surface area contributed by atoms with E-state index < -0.39 is 0 Å². The van der Waals surface area contributed by atoms with E-state index in [2.05, 4.69) is 27.3 Å². The van der Waals surface area contributed by atoms with Crippen molar-refractivity contribution in [1.29, 1.82) is 0 Å². The molecule has 2 nitrogen and oxygen atoms in total. The normalized spacial score (nSPS) is 12.1. The molecule has 0 aliphatic rings. The van der Waals surface area contributed by atoms with Crippen LogP contribution in [0, 0.1) is 12.3 Å². The Morgan fingerprint density at radius 3 is 2.83 bits per heavy atom. The molecule has 0 spiro atoms. The molecule has 0 radical (unpaired) electrons. The molecule has 0 aliphatic heterocycles. The molecule has 3 heteroatoms. The third-order valence-corrected chi connectivity index (χ3v) is 2.01. The molecule has 0 saturated carbocycles. The zero-order valence-electron chi connectivity index (χ0n) is 6.42. The second-order valence-corrected chi connectivity index (χ2v) is 3.24. The molecule has 0 aromatic heterocycles. The summed E-state index contributed by atoms with van der Waals surface area (Å²) < 4.78 is 0.996. The fourth-order valence-electron chi connectivity index (χ4n) is 0.927. The SMILES string of the molecule is C#CC(NN)c1cccc(Br)c1. The number of nitrogens with one attached hydrogen (secondary N) is 1. The van der Waals surface area contributed by atoms with Crippen molar-refractivity contribution in [3.05, 3.63) is 34.3 Å². The van der Waals surface area contributed by atoms with Crippen LogP contribution in [0.5, 0.6) is 0 Å². The van der Waals surface area contributed by atoms with Gasteiger partial charge in [0.25, 0.3) is 0 Å². The van der Waals surface area contributed by atoms with Crippen molar-refractivity contribution >= 4 is 15.9 Å². The molecule has 12 heavy (non-hydrogen) atoms. The average molecular weight is 225 g/mol. The van der Waals surface area contributed by atoms with E-state index >= 15 is 0 Å². The number of halogens is 1. The van der Waals surface area contributed by atoms with Gasteiger partial charge in [-0.25, -0.2) is 5.43 Å². The molecule has 0 heterocycles. The van der Waals surface area contributed by atoms with Crippen LogP contribution < -0.4 is 11.3 Å². The van der Waals surface area contributed by atoms with Gasteiger partial charge in [-0.2, -0.15) is 0 Å². The van der Waals surface area contributed by atoms with Gasteiger partial charge >= 0.3 is 0 Å². The lowest BCUT2D eigenvalue weighted by molar-refractivity contribution is 0.673. The number of terminal acetylenes is 1. The Bertz CT molecular complexity index is 304. The molecule has 1 atom stereocenters. The van der Waals surface area contributed by atoms with Crippen molar-refractivity contribution in [2.75, 3.05) is 0 Å². The van der Waals surface area contributed by atoms with E-state index in [0.29, 0.717) is 0 Å². The van der Waals surface area contributed by atoms with Crippen molar-refractivity contribution in [2.45, 2.75) is 6.04 Å². The van der Waals surface area contributed by atoms with Crippen molar-refractivity contribution in [3.8, 4) is 12.3 Å². The van der Waals surface area contributed by atoms with E-state index in [1.54, 1.807) is 0 Å². The Hall–Kier alpha value is -0.820. The van der Waals surface area contributed by atoms with E-state index in [-0.39, 0.29) is 6.04 Å². The van der Waals surface area contributed by atoms with Crippen LogP contribution in [0.2, 0.25) is 0 Å². The van der Waals surface area contributed by atoms with E-state index in [4.69, 9.17) is 12.3 Å². The van der Waals surface area contributed by atoms with Gasteiger partial charge in [0.2, 0.25) is 0 Å². The van der Waals surface area contributed by atoms with Gasteiger partial charge in [-0.15, -0.1) is 6.42 Å². The molecule has 0 amide bonds. The first-order valence-corrected chi connectivity index (χ1v) is 4.25. The first-order chi connectivity index (χ1) is 5.77. The van der Waals surface area contributed by atoms with Gasteiger partial charge in [0, 0.05) is 4.47 Å². The minimum Gasteiger partial charge on any atom is -0.270 e. The first kappa shape index (κ1) is 9.27. The highest BCUT2D eigenvalue weighted by atomic mass is 79.9. The molecule has 3 N–H and O–H groups in total. The summed E-state index contributed by atoms with van der Waals surface area (Å²) in [4.78, 5) is 0. The van der Waals surface area contributed by atoms with E-state index in [0.717, 1.165) is 10.0 Å². The van der Waals surface area contributed by atoms with E-state index in [9.17, 15) is 0 Å². The van der Waals surface area contributed by atoms with Crippen molar-refractivity contribution in [1.82, 2.24) is 5.43 Å². The lowest BCUT2D eigenvalue weighted by Crippen LogP contribution is -2.26. The summed E-state index contributed by atoms with van der Waals surface area (Å²) in [5.41, 5.74) is 3.52. The zero-order chi connectivity index (χ0) is 8.97. The second-order valence-electron chi connectivity index (χ2n) is 2.32. The Morgan fingerprint density at radius 2 is 2.33 bits per heavy atom.